The molecule has 0 radical (unpaired) electrons. The largest absolute Gasteiger partial charge is 0.462 e. The second-order valence-corrected chi connectivity index (χ2v) is 24.1. The molecule has 0 heterocycles. The van der Waals surface area contributed by atoms with Crippen LogP contribution in [-0.2, 0) is 28.6 Å². The third-order valence-electron chi connectivity index (χ3n) is 16.0. The monoisotopic (exact) mass is 1120 g/mol. The summed E-state index contributed by atoms with van der Waals surface area (Å²) in [6, 6.07) is 0. The van der Waals surface area contributed by atoms with E-state index < -0.39 is 6.10 Å². The molecule has 0 aromatic rings. The Balaban J connectivity index is 4.10. The minimum atomic E-state index is -0.776. The molecule has 0 aliphatic rings. The first-order valence-corrected chi connectivity index (χ1v) is 35.6. The Morgan fingerprint density at radius 1 is 0.250 bits per heavy atom. The first-order chi connectivity index (χ1) is 39.5. The van der Waals surface area contributed by atoms with E-state index in [4.69, 9.17) is 14.2 Å². The Morgan fingerprint density at radius 3 is 0.750 bits per heavy atom. The van der Waals surface area contributed by atoms with E-state index in [0.29, 0.717) is 19.3 Å². The average molecular weight is 1120 g/mol. The van der Waals surface area contributed by atoms with E-state index in [2.05, 4.69) is 69.4 Å². The number of hydrogen-bond donors (Lipinski definition) is 0. The van der Waals surface area contributed by atoms with Crippen molar-refractivity contribution in [1.82, 2.24) is 0 Å². The molecule has 1 unspecified atom stereocenters. The van der Waals surface area contributed by atoms with Gasteiger partial charge in [0.15, 0.2) is 6.10 Å². The molecule has 80 heavy (non-hydrogen) atoms. The number of carbonyl (C=O) groups is 3. The minimum Gasteiger partial charge on any atom is -0.462 e. The SMILES string of the molecule is CCC/C=C\CCCCCCCC(=O)OCC(COC(=O)CCCCCCCCCCCCCCCCCCCCC/C=C\C/C=C\CCCCCCC)OC(=O)CCCCCCCCCCC/C=C\CCCCCCCCCC. The van der Waals surface area contributed by atoms with Gasteiger partial charge in [0, 0.05) is 19.3 Å². The van der Waals surface area contributed by atoms with E-state index in [-0.39, 0.29) is 31.1 Å². The lowest BCUT2D eigenvalue weighted by Gasteiger charge is -2.18. The van der Waals surface area contributed by atoms with Gasteiger partial charge in [-0.3, -0.25) is 14.4 Å². The number of hydrogen-bond acceptors (Lipinski definition) is 6. The topological polar surface area (TPSA) is 78.9 Å². The van der Waals surface area contributed by atoms with Crippen molar-refractivity contribution in [2.75, 3.05) is 13.2 Å². The summed E-state index contributed by atoms with van der Waals surface area (Å²) in [7, 11) is 0. The standard InChI is InChI=1S/C74H136O6/c1-4-7-10-13-16-19-22-24-26-28-30-32-33-34-35-36-37-38-39-40-41-43-44-46-48-50-52-55-58-61-64-67-73(76)79-70-71(69-78-72(75)66-63-60-57-54-21-18-15-12-9-6-3)80-74(77)68-65-62-59-56-53-51-49-47-45-42-31-29-27-25-23-20-17-14-11-8-5-2/h12,15,22,24,28-31,71H,4-11,13-14,16-21,23,25-27,32-70H2,1-3H3/b15-12-,24-22-,30-28-,31-29-. The molecule has 0 spiro atoms. The quantitative estimate of drug-likeness (QED) is 0.0261. The fraction of sp³-hybridized carbons (Fsp3) is 0.851. The molecule has 0 aliphatic carbocycles. The molecule has 0 fully saturated rings. The molecule has 0 aromatic carbocycles. The molecule has 0 N–H and O–H groups in total. The second kappa shape index (κ2) is 68.9. The van der Waals surface area contributed by atoms with Crippen molar-refractivity contribution in [2.45, 2.75) is 393 Å². The third kappa shape index (κ3) is 66.2. The van der Waals surface area contributed by atoms with Crippen LogP contribution < -0.4 is 0 Å². The molecule has 0 aromatic heterocycles. The van der Waals surface area contributed by atoms with Gasteiger partial charge in [-0.05, 0) is 96.3 Å². The molecule has 468 valence electrons. The van der Waals surface area contributed by atoms with Crippen LogP contribution in [0, 0.1) is 0 Å². The summed E-state index contributed by atoms with van der Waals surface area (Å²) in [5.41, 5.74) is 0. The molecule has 0 saturated heterocycles. The van der Waals surface area contributed by atoms with Gasteiger partial charge in [-0.15, -0.1) is 0 Å². The Morgan fingerprint density at radius 2 is 0.475 bits per heavy atom. The van der Waals surface area contributed by atoms with Crippen molar-refractivity contribution < 1.29 is 28.6 Å². The van der Waals surface area contributed by atoms with E-state index in [1.54, 1.807) is 0 Å². The highest BCUT2D eigenvalue weighted by Gasteiger charge is 2.19. The molecule has 6 heteroatoms. The van der Waals surface area contributed by atoms with Crippen LogP contribution in [-0.4, -0.2) is 37.2 Å². The first-order valence-electron chi connectivity index (χ1n) is 35.6. The molecular formula is C74H136O6. The molecule has 1 atom stereocenters. The predicted molar refractivity (Wildman–Crippen MR) is 349 cm³/mol. The minimum absolute atomic E-state index is 0.0725. The van der Waals surface area contributed by atoms with Gasteiger partial charge >= 0.3 is 17.9 Å². The van der Waals surface area contributed by atoms with Gasteiger partial charge in [0.25, 0.3) is 0 Å². The Kier molecular flexibility index (Phi) is 66.6. The number of rotatable bonds is 66. The summed E-state index contributed by atoms with van der Waals surface area (Å²) in [6.45, 7) is 6.62. The number of unbranched alkanes of at least 4 members (excludes halogenated alkanes) is 47. The van der Waals surface area contributed by atoms with Crippen LogP contribution in [0.1, 0.15) is 387 Å². The maximum Gasteiger partial charge on any atom is 0.306 e. The lowest BCUT2D eigenvalue weighted by Crippen LogP contribution is -2.30. The van der Waals surface area contributed by atoms with E-state index in [1.165, 1.54) is 270 Å². The summed E-state index contributed by atoms with van der Waals surface area (Å²) in [5.74, 6) is -0.862. The fourth-order valence-electron chi connectivity index (χ4n) is 10.7. The van der Waals surface area contributed by atoms with Crippen molar-refractivity contribution in [3.05, 3.63) is 48.6 Å². The second-order valence-electron chi connectivity index (χ2n) is 24.1. The van der Waals surface area contributed by atoms with Crippen LogP contribution in [0.5, 0.6) is 0 Å². The van der Waals surface area contributed by atoms with Gasteiger partial charge in [-0.2, -0.15) is 0 Å². The molecule has 0 bridgehead atoms. The molecule has 0 aliphatic heterocycles. The summed E-state index contributed by atoms with van der Waals surface area (Å²) >= 11 is 0. The van der Waals surface area contributed by atoms with E-state index >= 15 is 0 Å². The summed E-state index contributed by atoms with van der Waals surface area (Å²) in [6.07, 6.45) is 87.3. The van der Waals surface area contributed by atoms with Crippen LogP contribution >= 0.6 is 0 Å². The highest BCUT2D eigenvalue weighted by Crippen LogP contribution is 2.18. The van der Waals surface area contributed by atoms with Gasteiger partial charge in [0.2, 0.25) is 0 Å². The molecule has 0 rings (SSSR count). The highest BCUT2D eigenvalue weighted by molar-refractivity contribution is 5.71. The smallest absolute Gasteiger partial charge is 0.306 e. The normalized spacial score (nSPS) is 12.3. The predicted octanol–water partition coefficient (Wildman–Crippen LogP) is 24.5. The maximum atomic E-state index is 12.9. The lowest BCUT2D eigenvalue weighted by atomic mass is 10.0. The maximum absolute atomic E-state index is 12.9. The molecule has 0 saturated carbocycles. The van der Waals surface area contributed by atoms with Crippen LogP contribution in [0.3, 0.4) is 0 Å². The zero-order chi connectivity index (χ0) is 57.8. The van der Waals surface area contributed by atoms with Crippen molar-refractivity contribution in [3.8, 4) is 0 Å². The molecular weight excluding hydrogens is 985 g/mol. The summed E-state index contributed by atoms with van der Waals surface area (Å²) in [5, 5.41) is 0. The Bertz CT molecular complexity index is 1380. The Hall–Kier alpha value is -2.63. The average Bonchev–Trinajstić information content (AvgIpc) is 3.46. The van der Waals surface area contributed by atoms with Crippen molar-refractivity contribution >= 4 is 17.9 Å². The number of carbonyl (C=O) groups excluding carboxylic acids is 3. The van der Waals surface area contributed by atoms with Crippen LogP contribution in [0.2, 0.25) is 0 Å². The van der Waals surface area contributed by atoms with Crippen LogP contribution in [0.4, 0.5) is 0 Å². The van der Waals surface area contributed by atoms with Gasteiger partial charge < -0.3 is 14.2 Å². The Labute approximate surface area is 498 Å². The van der Waals surface area contributed by atoms with Crippen LogP contribution in [0.15, 0.2) is 48.6 Å². The van der Waals surface area contributed by atoms with E-state index in [1.807, 2.05) is 0 Å². The van der Waals surface area contributed by atoms with Gasteiger partial charge in [-0.1, -0.05) is 320 Å². The highest BCUT2D eigenvalue weighted by atomic mass is 16.6. The molecule has 6 nitrogen and oxygen atoms in total. The zero-order valence-corrected chi connectivity index (χ0v) is 53.9. The van der Waals surface area contributed by atoms with Crippen LogP contribution in [0.25, 0.3) is 0 Å². The number of esters is 3. The molecule has 0 amide bonds. The van der Waals surface area contributed by atoms with Gasteiger partial charge in [0.05, 0.1) is 0 Å². The van der Waals surface area contributed by atoms with Gasteiger partial charge in [-0.25, -0.2) is 0 Å². The fourth-order valence-corrected chi connectivity index (χ4v) is 10.7. The van der Waals surface area contributed by atoms with Gasteiger partial charge in [0.1, 0.15) is 13.2 Å². The number of allylic oxidation sites excluding steroid dienone is 8. The number of ether oxygens (including phenoxy) is 3. The van der Waals surface area contributed by atoms with Crippen molar-refractivity contribution in [1.29, 1.82) is 0 Å². The lowest BCUT2D eigenvalue weighted by molar-refractivity contribution is -0.167. The van der Waals surface area contributed by atoms with E-state index in [9.17, 15) is 14.4 Å². The first kappa shape index (κ1) is 77.4. The summed E-state index contributed by atoms with van der Waals surface area (Å²) in [4.78, 5) is 38.3. The summed E-state index contributed by atoms with van der Waals surface area (Å²) < 4.78 is 16.9. The third-order valence-corrected chi connectivity index (χ3v) is 16.0. The van der Waals surface area contributed by atoms with Crippen molar-refractivity contribution in [2.24, 2.45) is 0 Å². The zero-order valence-electron chi connectivity index (χ0n) is 53.9. The van der Waals surface area contributed by atoms with E-state index in [0.717, 1.165) is 77.0 Å². The van der Waals surface area contributed by atoms with Crippen molar-refractivity contribution in [3.63, 3.8) is 0 Å².